The maximum atomic E-state index is 12.6. The van der Waals surface area contributed by atoms with Crippen molar-refractivity contribution in [1.82, 2.24) is 46.5 Å². The molecule has 58 heavy (non-hydrogen) atoms. The number of thiophene rings is 3. The molecular weight excluding hydrogens is 787 g/mol. The summed E-state index contributed by atoms with van der Waals surface area (Å²) in [6.07, 6.45) is 12.7. The molecule has 304 valence electrons. The van der Waals surface area contributed by atoms with E-state index in [2.05, 4.69) is 53.5 Å². The second kappa shape index (κ2) is 16.6. The van der Waals surface area contributed by atoms with Crippen LogP contribution in [-0.2, 0) is 0 Å². The van der Waals surface area contributed by atoms with Crippen molar-refractivity contribution in [2.24, 2.45) is 0 Å². The molecule has 0 aliphatic heterocycles. The van der Waals surface area contributed by atoms with E-state index in [-0.39, 0.29) is 17.7 Å². The van der Waals surface area contributed by atoms with Crippen LogP contribution in [0.3, 0.4) is 0 Å². The summed E-state index contributed by atoms with van der Waals surface area (Å²) in [5.74, 6) is 0.715. The van der Waals surface area contributed by atoms with E-state index < -0.39 is 0 Å². The highest BCUT2D eigenvalue weighted by Gasteiger charge is 2.34. The Labute approximate surface area is 350 Å². The number of hydrogen-bond acceptors (Lipinski definition) is 12. The van der Waals surface area contributed by atoms with E-state index in [0.717, 1.165) is 112 Å². The van der Waals surface area contributed by atoms with Gasteiger partial charge in [-0.25, -0.2) is 0 Å². The maximum Gasteiger partial charge on any atom is 0.261 e. The molecule has 0 saturated heterocycles. The normalized spacial score (nSPS) is 16.7. The van der Waals surface area contributed by atoms with Crippen LogP contribution in [0.25, 0.3) is 30.6 Å². The van der Waals surface area contributed by atoms with Gasteiger partial charge in [0.25, 0.3) is 17.7 Å². The topological polar surface area (TPSA) is 165 Å². The minimum Gasteiger partial charge on any atom is -0.349 e. The summed E-state index contributed by atoms with van der Waals surface area (Å²) in [6.45, 7) is 14.0. The first-order valence-electron chi connectivity index (χ1n) is 20.5. The minimum atomic E-state index is 0.0275. The number of fused-ring (bicyclic) bond motifs is 3. The average Bonchev–Trinajstić information content (AvgIpc) is 3.61. The molecular formula is C43H51N9O3S3. The lowest BCUT2D eigenvalue weighted by Gasteiger charge is -2.26. The van der Waals surface area contributed by atoms with E-state index in [1.165, 1.54) is 82.6 Å². The molecule has 10 rings (SSSR count). The molecule has 0 atom stereocenters. The fraction of sp³-hybridized carbons (Fsp3) is 0.512. The van der Waals surface area contributed by atoms with Crippen molar-refractivity contribution in [3.8, 4) is 0 Å². The fourth-order valence-electron chi connectivity index (χ4n) is 7.42. The molecule has 6 aromatic rings. The maximum absolute atomic E-state index is 12.6. The predicted molar refractivity (Wildman–Crippen MR) is 233 cm³/mol. The highest BCUT2D eigenvalue weighted by molar-refractivity contribution is 7.21. The van der Waals surface area contributed by atoms with E-state index in [0.29, 0.717) is 24.0 Å². The number of nitrogens with zero attached hydrogens (tertiary/aromatic N) is 6. The molecule has 6 aromatic heterocycles. The van der Waals surface area contributed by atoms with Crippen molar-refractivity contribution < 1.29 is 14.4 Å². The van der Waals surface area contributed by atoms with Gasteiger partial charge in [-0.2, -0.15) is 15.3 Å². The zero-order chi connectivity index (χ0) is 40.8. The number of carbonyl (C=O) groups excluding carboxylic acids is 3. The summed E-state index contributed by atoms with van der Waals surface area (Å²) in [7, 11) is 0. The molecule has 4 aliphatic rings. The van der Waals surface area contributed by atoms with Crippen molar-refractivity contribution in [3.05, 3.63) is 65.6 Å². The highest BCUT2D eigenvalue weighted by Crippen LogP contribution is 2.48. The lowest BCUT2D eigenvalue weighted by Crippen LogP contribution is -2.39. The third kappa shape index (κ3) is 8.09. The number of nitrogens with one attached hydrogen (secondary N) is 3. The summed E-state index contributed by atoms with van der Waals surface area (Å²) in [5, 5.41) is 37.8. The lowest BCUT2D eigenvalue weighted by molar-refractivity contribution is 0.0912. The number of aryl methyl sites for hydroxylation is 7. The molecule has 4 aliphatic carbocycles. The van der Waals surface area contributed by atoms with Gasteiger partial charge in [-0.05, 0) is 159 Å². The van der Waals surface area contributed by atoms with Gasteiger partial charge in [0.2, 0.25) is 0 Å². The van der Waals surface area contributed by atoms with Gasteiger partial charge in [0.1, 0.15) is 14.5 Å². The summed E-state index contributed by atoms with van der Waals surface area (Å²) in [6, 6.07) is 3.05. The van der Waals surface area contributed by atoms with E-state index in [9.17, 15) is 14.4 Å². The molecule has 0 aromatic carbocycles. The van der Waals surface area contributed by atoms with E-state index in [1.807, 2.05) is 47.6 Å². The van der Waals surface area contributed by atoms with Gasteiger partial charge in [0, 0.05) is 34.3 Å². The largest absolute Gasteiger partial charge is 0.349 e. The summed E-state index contributed by atoms with van der Waals surface area (Å²) < 4.78 is 0. The number of rotatable bonds is 7. The van der Waals surface area contributed by atoms with E-state index in [1.54, 1.807) is 0 Å². The smallest absolute Gasteiger partial charge is 0.261 e. The molecule has 4 saturated carbocycles. The molecule has 4 fully saturated rings. The zero-order valence-electron chi connectivity index (χ0n) is 34.3. The Hall–Kier alpha value is -4.47. The Bertz CT molecular complexity index is 2560. The van der Waals surface area contributed by atoms with Crippen LogP contribution < -0.4 is 16.0 Å². The Morgan fingerprint density at radius 3 is 1.47 bits per heavy atom. The first kappa shape index (κ1) is 40.3. The van der Waals surface area contributed by atoms with Gasteiger partial charge in [0.15, 0.2) is 0 Å². The molecule has 0 bridgehead atoms. The standard InChI is InChI=1S/C16H19N3OS.C14H17N3OS.C13H15N3OS/c1-8-9(2)18-19-16-12(8)13(10-6-7-10)14(21-16)15(20)17-11-4-3-5-11;1-7-9(3)16-17-14-11(7)8(2)12(19-14)13(18)15-10-5-4-6-10;1-7-8(2)15-16-13-10(7)6-11(18-13)12(17)14-9-4-3-5-9/h10-11H,3-7H2,1-2H3,(H,17,20);10H,4-6H2,1-3H3,(H,15,18);6,9H,3-5H2,1-2H3,(H,14,17). The first-order chi connectivity index (χ1) is 27.9. The number of hydrogen-bond donors (Lipinski definition) is 3. The van der Waals surface area contributed by atoms with Crippen molar-refractivity contribution in [2.75, 3.05) is 0 Å². The van der Waals surface area contributed by atoms with Gasteiger partial charge in [-0.1, -0.05) is 0 Å². The zero-order valence-corrected chi connectivity index (χ0v) is 36.7. The molecule has 3 N–H and O–H groups in total. The summed E-state index contributed by atoms with van der Waals surface area (Å²) in [4.78, 5) is 42.0. The van der Waals surface area contributed by atoms with Crippen LogP contribution in [-0.4, -0.2) is 66.4 Å². The molecule has 12 nitrogen and oxygen atoms in total. The van der Waals surface area contributed by atoms with Crippen molar-refractivity contribution >= 4 is 82.4 Å². The monoisotopic (exact) mass is 837 g/mol. The van der Waals surface area contributed by atoms with Crippen LogP contribution >= 0.6 is 34.0 Å². The van der Waals surface area contributed by atoms with Crippen LogP contribution in [0.4, 0.5) is 0 Å². The Morgan fingerprint density at radius 1 is 0.500 bits per heavy atom. The first-order valence-corrected chi connectivity index (χ1v) is 23.0. The predicted octanol–water partition coefficient (Wildman–Crippen LogP) is 8.96. The van der Waals surface area contributed by atoms with Crippen molar-refractivity contribution in [1.29, 1.82) is 0 Å². The number of amides is 3. The lowest BCUT2D eigenvalue weighted by atomic mass is 9.93. The minimum absolute atomic E-state index is 0.0275. The second-order valence-electron chi connectivity index (χ2n) is 16.4. The van der Waals surface area contributed by atoms with Crippen LogP contribution in [0, 0.1) is 48.5 Å². The number of aromatic nitrogens is 6. The van der Waals surface area contributed by atoms with Crippen LogP contribution in [0.1, 0.15) is 150 Å². The van der Waals surface area contributed by atoms with Crippen molar-refractivity contribution in [2.45, 2.75) is 143 Å². The van der Waals surface area contributed by atoms with Crippen LogP contribution in [0.5, 0.6) is 0 Å². The van der Waals surface area contributed by atoms with Gasteiger partial charge < -0.3 is 16.0 Å². The molecule has 0 unspecified atom stereocenters. The van der Waals surface area contributed by atoms with E-state index in [4.69, 9.17) is 0 Å². The van der Waals surface area contributed by atoms with Crippen LogP contribution in [0.2, 0.25) is 0 Å². The SMILES string of the molecule is Cc1nnc2sc(C(=O)NC3CCC3)c(C)c2c1C.Cc1nnc2sc(C(=O)NC3CCC3)c(C3CC3)c2c1C.Cc1nnc2sc(C(=O)NC3CCC3)cc2c1C. The van der Waals surface area contributed by atoms with E-state index >= 15 is 0 Å². The van der Waals surface area contributed by atoms with Gasteiger partial charge in [-0.15, -0.1) is 49.3 Å². The molecule has 0 spiro atoms. The third-order valence-electron chi connectivity index (χ3n) is 12.4. The quantitative estimate of drug-likeness (QED) is 0.142. The molecule has 3 amide bonds. The third-order valence-corrected chi connectivity index (χ3v) is 15.6. The van der Waals surface area contributed by atoms with Crippen molar-refractivity contribution in [3.63, 3.8) is 0 Å². The van der Waals surface area contributed by atoms with Gasteiger partial charge in [0.05, 0.1) is 31.7 Å². The summed E-state index contributed by atoms with van der Waals surface area (Å²) in [5.41, 5.74) is 8.51. The number of carbonyl (C=O) groups is 3. The van der Waals surface area contributed by atoms with Crippen LogP contribution in [0.15, 0.2) is 6.07 Å². The second-order valence-corrected chi connectivity index (χ2v) is 19.4. The molecule has 0 radical (unpaired) electrons. The molecule has 15 heteroatoms. The Balaban J connectivity index is 0.000000122. The fourth-order valence-corrected chi connectivity index (χ4v) is 10.6. The average molecular weight is 838 g/mol. The Morgan fingerprint density at radius 2 is 0.948 bits per heavy atom. The Kier molecular flexibility index (Phi) is 11.6. The van der Waals surface area contributed by atoms with Gasteiger partial charge in [-0.3, -0.25) is 14.4 Å². The molecule has 6 heterocycles. The summed E-state index contributed by atoms with van der Waals surface area (Å²) >= 11 is 4.38. The highest BCUT2D eigenvalue weighted by atomic mass is 32.1. The van der Waals surface area contributed by atoms with Gasteiger partial charge >= 0.3 is 0 Å².